The minimum atomic E-state index is -5.08. The number of piperazine rings is 1. The van der Waals surface area contributed by atoms with Gasteiger partial charge in [0.25, 0.3) is 5.91 Å². The smallest absolute Gasteiger partial charge is 0.490 e. The first-order chi connectivity index (χ1) is 37.3. The van der Waals surface area contributed by atoms with E-state index in [2.05, 4.69) is 84.8 Å². The number of carbonyl (C=O) groups is 3. The second-order valence-electron chi connectivity index (χ2n) is 19.8. The molecule has 4 N–H and O–H groups in total. The normalized spacial score (nSPS) is 16.3. The first kappa shape index (κ1) is 57.5. The lowest BCUT2D eigenvalue weighted by Gasteiger charge is -2.39. The zero-order chi connectivity index (χ0) is 56.0. The number of aryl methyl sites for hydroxylation is 3. The van der Waals surface area contributed by atoms with E-state index in [1.807, 2.05) is 55.1 Å². The molecule has 0 saturated carbocycles. The van der Waals surface area contributed by atoms with Crippen molar-refractivity contribution in [3.8, 4) is 33.6 Å². The largest absolute Gasteiger partial charge is 0.508 e. The summed E-state index contributed by atoms with van der Waals surface area (Å²) in [6.45, 7) is 22.4. The summed E-state index contributed by atoms with van der Waals surface area (Å²) in [5, 5.41) is 51.1. The summed E-state index contributed by atoms with van der Waals surface area (Å²) in [6.07, 6.45) is -2.38. The zero-order valence-electron chi connectivity index (χ0n) is 44.6. The third-order valence-electron chi connectivity index (χ3n) is 14.8. The number of piperidine rings is 1. The lowest BCUT2D eigenvalue weighted by Crippen LogP contribution is -2.48. The predicted octanol–water partition coefficient (Wildman–Crippen LogP) is 8.17. The van der Waals surface area contributed by atoms with Crippen LogP contribution in [0.25, 0.3) is 22.1 Å². The Kier molecular flexibility index (Phi) is 18.4. The van der Waals surface area contributed by atoms with Gasteiger partial charge >= 0.3 is 12.1 Å². The van der Waals surface area contributed by atoms with Gasteiger partial charge in [-0.05, 0) is 106 Å². The number of rotatable bonds is 16. The predicted molar refractivity (Wildman–Crippen MR) is 292 cm³/mol. The number of halogens is 4. The number of likely N-dealkylation sites (N-methyl/N-ethyl adjacent to an activating group) is 1. The number of hydrogen-bond donors (Lipinski definition) is 4. The van der Waals surface area contributed by atoms with Gasteiger partial charge in [0.05, 0.1) is 17.7 Å². The fourth-order valence-electron chi connectivity index (χ4n) is 10.2. The Bertz CT molecular complexity index is 3120. The number of carboxylic acids is 1. The van der Waals surface area contributed by atoms with Crippen LogP contribution >= 0.6 is 22.9 Å². The number of thiophene rings is 1. The molecule has 3 aliphatic heterocycles. The minimum Gasteiger partial charge on any atom is -0.508 e. The lowest BCUT2D eigenvalue weighted by molar-refractivity contribution is -0.192. The fourth-order valence-corrected chi connectivity index (χ4v) is 11.5. The molecule has 416 valence electrons. The summed E-state index contributed by atoms with van der Waals surface area (Å²) in [5.74, 6) is -0.745. The van der Waals surface area contributed by atoms with Gasteiger partial charge in [0.15, 0.2) is 11.6 Å². The second-order valence-corrected chi connectivity index (χ2v) is 21.4. The molecule has 2 amide bonds. The van der Waals surface area contributed by atoms with Crippen molar-refractivity contribution in [3.63, 3.8) is 0 Å². The molecule has 6 aromatic rings. The maximum Gasteiger partial charge on any atom is 0.490 e. The quantitative estimate of drug-likeness (QED) is 0.0722. The van der Waals surface area contributed by atoms with Crippen molar-refractivity contribution >= 4 is 46.4 Å². The molecule has 0 bridgehead atoms. The first-order valence-electron chi connectivity index (χ1n) is 26.3. The van der Waals surface area contributed by atoms with Crippen LogP contribution in [0.3, 0.4) is 0 Å². The Hall–Kier alpha value is -6.72. The average molecular weight is 1120 g/mol. The number of phenols is 2. The first-order valence-corrected chi connectivity index (χ1v) is 27.5. The SMILES string of the molecule is CCc1cc(-c2nnc(C(=O)NCCN(CC)CC)n2-c2ccc(CN3CCN(CC4CCN(C(=O)C[C@@H]5N=C(c6ccc(Cl)cc6)c6c(sc(C)c6C)-n6c(C)nnc65)CC4)CC3)cc2)c(O)cc1O.O=C(O)C(F)(F)F. The molecule has 0 radical (unpaired) electrons. The summed E-state index contributed by atoms with van der Waals surface area (Å²) in [4.78, 5) is 52.5. The van der Waals surface area contributed by atoms with Gasteiger partial charge in [-0.3, -0.25) is 28.6 Å². The molecule has 2 saturated heterocycles. The second kappa shape index (κ2) is 24.9. The van der Waals surface area contributed by atoms with E-state index in [0.717, 1.165) is 112 Å². The zero-order valence-corrected chi connectivity index (χ0v) is 46.2. The molecule has 3 aliphatic rings. The highest BCUT2D eigenvalue weighted by Crippen LogP contribution is 2.41. The average Bonchev–Trinajstić information content (AvgIpc) is 4.30. The van der Waals surface area contributed by atoms with Crippen LogP contribution in [0.2, 0.25) is 5.02 Å². The van der Waals surface area contributed by atoms with Gasteiger partial charge in [0.2, 0.25) is 11.7 Å². The Labute approximate surface area is 460 Å². The monoisotopic (exact) mass is 1110 g/mol. The maximum absolute atomic E-state index is 14.1. The number of likely N-dealkylation sites (tertiary alicyclic amines) is 1. The van der Waals surface area contributed by atoms with Crippen molar-refractivity contribution in [2.24, 2.45) is 10.9 Å². The number of nitrogens with zero attached hydrogens (tertiary/aromatic N) is 11. The van der Waals surface area contributed by atoms with Crippen LogP contribution < -0.4 is 5.32 Å². The standard InChI is InChI=1S/C53H65ClN12O4S.C2HF3O2/c1-7-38-28-42(45(68)30-44(38)67)49-58-60-51(52(70)55-20-23-61(8-2)9-3)66(49)41-16-10-36(11-17-41)31-62-24-26-63(27-25-62)32-37-18-21-64(22-19-37)46(69)29-43-50-59-57-35(6)65(50)53-47(33(4)34(5)71-53)48(56-43)39-12-14-40(54)15-13-39;3-2(4,5)1(6)7/h10-17,28,30,37,43,67-68H,7-9,18-27,29,31-32H2,1-6H3,(H,55,70);(H,6,7)/t43-;/m0./s1. The number of alkyl halides is 3. The Morgan fingerprint density at radius 2 is 1.49 bits per heavy atom. The number of aliphatic carboxylic acids is 1. The van der Waals surface area contributed by atoms with Crippen LogP contribution in [0, 0.1) is 26.7 Å². The van der Waals surface area contributed by atoms with Gasteiger partial charge in [-0.25, -0.2) is 4.79 Å². The van der Waals surface area contributed by atoms with Crippen molar-refractivity contribution in [2.75, 3.05) is 72.0 Å². The number of aromatic nitrogens is 6. The fraction of sp³-hybridized carbons (Fsp3) is 0.455. The molecule has 18 nitrogen and oxygen atoms in total. The van der Waals surface area contributed by atoms with Gasteiger partial charge < -0.3 is 35.3 Å². The Balaban J connectivity index is 0.00000107. The molecule has 1 atom stereocenters. The number of fused-ring (bicyclic) bond motifs is 3. The molecular formula is C55H66ClF3N12O6S. The molecule has 2 fully saturated rings. The van der Waals surface area contributed by atoms with E-state index in [1.54, 1.807) is 22.0 Å². The summed E-state index contributed by atoms with van der Waals surface area (Å²) >= 11 is 8.02. The highest BCUT2D eigenvalue weighted by Gasteiger charge is 2.38. The van der Waals surface area contributed by atoms with Crippen molar-refractivity contribution in [2.45, 2.75) is 86.0 Å². The highest BCUT2D eigenvalue weighted by molar-refractivity contribution is 7.15. The summed E-state index contributed by atoms with van der Waals surface area (Å²) in [5.41, 5.74) is 6.90. The number of benzene rings is 3. The highest BCUT2D eigenvalue weighted by atomic mass is 35.5. The van der Waals surface area contributed by atoms with E-state index in [1.165, 1.54) is 16.5 Å². The van der Waals surface area contributed by atoms with E-state index >= 15 is 0 Å². The molecule has 78 heavy (non-hydrogen) atoms. The lowest BCUT2D eigenvalue weighted by atomic mass is 9.95. The van der Waals surface area contributed by atoms with Crippen LogP contribution in [0.4, 0.5) is 13.2 Å². The van der Waals surface area contributed by atoms with E-state index in [-0.39, 0.29) is 35.6 Å². The molecule has 0 unspecified atom stereocenters. The van der Waals surface area contributed by atoms with Crippen LogP contribution in [-0.4, -0.2) is 166 Å². The third kappa shape index (κ3) is 13.1. The molecule has 3 aromatic heterocycles. The van der Waals surface area contributed by atoms with Gasteiger partial charge in [0, 0.05) is 98.2 Å². The number of nitrogens with one attached hydrogen (secondary N) is 1. The molecule has 3 aromatic carbocycles. The molecule has 6 heterocycles. The van der Waals surface area contributed by atoms with Crippen molar-refractivity contribution in [1.82, 2.24) is 54.4 Å². The van der Waals surface area contributed by atoms with Gasteiger partial charge in [-0.1, -0.05) is 56.6 Å². The number of carboxylic acid groups (broad SMARTS) is 1. The van der Waals surface area contributed by atoms with Crippen molar-refractivity contribution < 1.29 is 42.9 Å². The maximum atomic E-state index is 14.1. The topological polar surface area (TPSA) is 211 Å². The number of hydrogen-bond acceptors (Lipinski definition) is 14. The summed E-state index contributed by atoms with van der Waals surface area (Å²) < 4.78 is 35.5. The number of amides is 2. The third-order valence-corrected chi connectivity index (χ3v) is 16.3. The molecule has 23 heteroatoms. The number of phenolic OH excluding ortho intramolecular Hbond substituents is 2. The van der Waals surface area contributed by atoms with E-state index < -0.39 is 18.2 Å². The van der Waals surface area contributed by atoms with Crippen LogP contribution in [0.1, 0.15) is 101 Å². The van der Waals surface area contributed by atoms with Crippen LogP contribution in [-0.2, 0) is 22.6 Å². The number of aromatic hydroxyl groups is 2. The van der Waals surface area contributed by atoms with Gasteiger partial charge in [0.1, 0.15) is 28.4 Å². The van der Waals surface area contributed by atoms with E-state index in [4.69, 9.17) is 26.5 Å². The summed E-state index contributed by atoms with van der Waals surface area (Å²) in [6, 6.07) is 18.4. The van der Waals surface area contributed by atoms with Gasteiger partial charge in [-0.2, -0.15) is 13.2 Å². The number of aliphatic imine (C=N–C) groups is 1. The Morgan fingerprint density at radius 3 is 2.12 bits per heavy atom. The van der Waals surface area contributed by atoms with Crippen molar-refractivity contribution in [3.05, 3.63) is 116 Å². The van der Waals surface area contributed by atoms with E-state index in [0.29, 0.717) is 58.9 Å². The molecule has 9 rings (SSSR count). The van der Waals surface area contributed by atoms with E-state index in [9.17, 15) is 33.0 Å². The minimum absolute atomic E-state index is 0.00202. The Morgan fingerprint density at radius 1 is 0.833 bits per heavy atom. The number of carbonyl (C=O) groups excluding carboxylic acids is 2. The van der Waals surface area contributed by atoms with Crippen LogP contribution in [0.15, 0.2) is 65.7 Å². The van der Waals surface area contributed by atoms with Crippen LogP contribution in [0.5, 0.6) is 11.5 Å². The summed E-state index contributed by atoms with van der Waals surface area (Å²) in [7, 11) is 0. The van der Waals surface area contributed by atoms with Gasteiger partial charge in [-0.15, -0.1) is 31.7 Å². The van der Waals surface area contributed by atoms with Crippen molar-refractivity contribution in [1.29, 1.82) is 0 Å². The molecular weight excluding hydrogens is 1050 g/mol. The molecule has 0 aliphatic carbocycles. The molecule has 0 spiro atoms.